The molecule has 2 N–H and O–H groups in total. The fourth-order valence-corrected chi connectivity index (χ4v) is 3.23. The zero-order chi connectivity index (χ0) is 12.8. The van der Waals surface area contributed by atoms with E-state index in [1.165, 1.54) is 32.1 Å². The monoisotopic (exact) mass is 248 g/mol. The average Bonchev–Trinajstić information content (AvgIpc) is 2.43. The molecule has 1 amide bonds. The highest BCUT2D eigenvalue weighted by atomic mass is 16.2. The number of terminal acetylenes is 1. The molecule has 0 spiro atoms. The Balaban J connectivity index is 1.73. The van der Waals surface area contributed by atoms with Crippen molar-refractivity contribution in [2.24, 2.45) is 5.92 Å². The first-order chi connectivity index (χ1) is 8.81. The summed E-state index contributed by atoms with van der Waals surface area (Å²) in [5, 5.41) is 6.53. The number of piperidine rings is 1. The Morgan fingerprint density at radius 1 is 1.28 bits per heavy atom. The van der Waals surface area contributed by atoms with Crippen molar-refractivity contribution in [3.05, 3.63) is 0 Å². The standard InChI is InChI=1S/C15H24N2O/c1-2-3-6-11-16-15(18)14-10-9-12-7-4-5-8-13(12)17-14/h1,12-14,17H,3-11H2,(H,16,18). The second kappa shape index (κ2) is 6.80. The Kier molecular flexibility index (Phi) is 5.07. The van der Waals surface area contributed by atoms with Gasteiger partial charge in [0.25, 0.3) is 0 Å². The van der Waals surface area contributed by atoms with Gasteiger partial charge in [0.05, 0.1) is 6.04 Å². The van der Waals surface area contributed by atoms with E-state index in [-0.39, 0.29) is 11.9 Å². The Morgan fingerprint density at radius 2 is 2.11 bits per heavy atom. The molecule has 100 valence electrons. The first-order valence-electron chi connectivity index (χ1n) is 7.28. The maximum absolute atomic E-state index is 12.0. The highest BCUT2D eigenvalue weighted by Gasteiger charge is 2.34. The molecule has 0 radical (unpaired) electrons. The van der Waals surface area contributed by atoms with Crippen LogP contribution in [-0.4, -0.2) is 24.5 Å². The summed E-state index contributed by atoms with van der Waals surface area (Å²) in [6.45, 7) is 0.704. The molecular formula is C15H24N2O. The number of carbonyl (C=O) groups is 1. The van der Waals surface area contributed by atoms with E-state index in [0.29, 0.717) is 12.6 Å². The molecule has 3 heteroatoms. The first-order valence-corrected chi connectivity index (χ1v) is 7.28. The van der Waals surface area contributed by atoms with Gasteiger partial charge < -0.3 is 10.6 Å². The predicted molar refractivity (Wildman–Crippen MR) is 73.0 cm³/mol. The van der Waals surface area contributed by atoms with Gasteiger partial charge in [0.2, 0.25) is 5.91 Å². The molecule has 2 fully saturated rings. The third kappa shape index (κ3) is 3.49. The molecule has 3 atom stereocenters. The van der Waals surface area contributed by atoms with Crippen molar-refractivity contribution in [3.8, 4) is 12.3 Å². The Morgan fingerprint density at radius 3 is 2.94 bits per heavy atom. The lowest BCUT2D eigenvalue weighted by atomic mass is 9.77. The molecule has 0 aromatic heterocycles. The van der Waals surface area contributed by atoms with Crippen LogP contribution < -0.4 is 10.6 Å². The Hall–Kier alpha value is -1.01. The van der Waals surface area contributed by atoms with Crippen LogP contribution in [0.5, 0.6) is 0 Å². The third-order valence-corrected chi connectivity index (χ3v) is 4.26. The minimum atomic E-state index is 0.0233. The van der Waals surface area contributed by atoms with Gasteiger partial charge in [-0.2, -0.15) is 0 Å². The maximum Gasteiger partial charge on any atom is 0.237 e. The number of fused-ring (bicyclic) bond motifs is 1. The Labute approximate surface area is 110 Å². The SMILES string of the molecule is C#CCCCNC(=O)C1CCC2CCCCC2N1. The van der Waals surface area contributed by atoms with Gasteiger partial charge in [0.15, 0.2) is 0 Å². The van der Waals surface area contributed by atoms with E-state index < -0.39 is 0 Å². The fraction of sp³-hybridized carbons (Fsp3) is 0.800. The van der Waals surface area contributed by atoms with Crippen LogP contribution in [0, 0.1) is 18.3 Å². The van der Waals surface area contributed by atoms with Crippen molar-refractivity contribution in [2.75, 3.05) is 6.54 Å². The van der Waals surface area contributed by atoms with Crippen LogP contribution in [0.25, 0.3) is 0 Å². The van der Waals surface area contributed by atoms with Crippen LogP contribution in [0.15, 0.2) is 0 Å². The smallest absolute Gasteiger partial charge is 0.237 e. The molecule has 3 nitrogen and oxygen atoms in total. The number of unbranched alkanes of at least 4 members (excludes halogenated alkanes) is 1. The number of amides is 1. The summed E-state index contributed by atoms with van der Waals surface area (Å²) in [5.41, 5.74) is 0. The summed E-state index contributed by atoms with van der Waals surface area (Å²) in [5.74, 6) is 3.56. The van der Waals surface area contributed by atoms with E-state index in [4.69, 9.17) is 6.42 Å². The van der Waals surface area contributed by atoms with Crippen LogP contribution >= 0.6 is 0 Å². The molecular weight excluding hydrogens is 224 g/mol. The van der Waals surface area contributed by atoms with Gasteiger partial charge in [-0.3, -0.25) is 4.79 Å². The molecule has 0 bridgehead atoms. The van der Waals surface area contributed by atoms with Gasteiger partial charge in [-0.1, -0.05) is 12.8 Å². The van der Waals surface area contributed by atoms with Gasteiger partial charge in [-0.05, 0) is 38.0 Å². The molecule has 0 aromatic carbocycles. The van der Waals surface area contributed by atoms with Crippen molar-refractivity contribution in [1.29, 1.82) is 0 Å². The molecule has 0 aromatic rings. The molecule has 2 aliphatic rings. The lowest BCUT2D eigenvalue weighted by Crippen LogP contribution is -2.55. The largest absolute Gasteiger partial charge is 0.355 e. The summed E-state index contributed by atoms with van der Waals surface area (Å²) in [7, 11) is 0. The van der Waals surface area contributed by atoms with Crippen LogP contribution in [0.1, 0.15) is 51.4 Å². The van der Waals surface area contributed by atoms with E-state index >= 15 is 0 Å². The second-order valence-corrected chi connectivity index (χ2v) is 5.55. The van der Waals surface area contributed by atoms with Gasteiger partial charge in [-0.25, -0.2) is 0 Å². The van der Waals surface area contributed by atoms with Crippen molar-refractivity contribution in [3.63, 3.8) is 0 Å². The molecule has 2 rings (SSSR count). The predicted octanol–water partition coefficient (Wildman–Crippen LogP) is 1.83. The lowest BCUT2D eigenvalue weighted by molar-refractivity contribution is -0.124. The Bertz CT molecular complexity index is 321. The lowest BCUT2D eigenvalue weighted by Gasteiger charge is -2.39. The first kappa shape index (κ1) is 13.4. The summed E-state index contributed by atoms with van der Waals surface area (Å²) >= 11 is 0. The summed E-state index contributed by atoms with van der Waals surface area (Å²) < 4.78 is 0. The number of carbonyl (C=O) groups excluding carboxylic acids is 1. The highest BCUT2D eigenvalue weighted by Crippen LogP contribution is 2.32. The van der Waals surface area contributed by atoms with E-state index in [1.54, 1.807) is 0 Å². The molecule has 1 heterocycles. The van der Waals surface area contributed by atoms with Crippen LogP contribution in [0.3, 0.4) is 0 Å². The quantitative estimate of drug-likeness (QED) is 0.588. The molecule has 1 saturated carbocycles. The summed E-state index contributed by atoms with van der Waals surface area (Å²) in [6.07, 6.45) is 14.3. The number of rotatable bonds is 4. The van der Waals surface area contributed by atoms with Crippen molar-refractivity contribution in [2.45, 2.75) is 63.5 Å². The molecule has 3 unspecified atom stereocenters. The third-order valence-electron chi connectivity index (χ3n) is 4.26. The fourth-order valence-electron chi connectivity index (χ4n) is 3.23. The number of hydrogen-bond donors (Lipinski definition) is 2. The molecule has 1 aliphatic carbocycles. The highest BCUT2D eigenvalue weighted by molar-refractivity contribution is 5.81. The number of nitrogens with one attached hydrogen (secondary N) is 2. The van der Waals surface area contributed by atoms with Crippen molar-refractivity contribution in [1.82, 2.24) is 10.6 Å². The zero-order valence-electron chi connectivity index (χ0n) is 11.1. The van der Waals surface area contributed by atoms with Gasteiger partial charge >= 0.3 is 0 Å². The van der Waals surface area contributed by atoms with Crippen LogP contribution in [-0.2, 0) is 4.79 Å². The topological polar surface area (TPSA) is 41.1 Å². The van der Waals surface area contributed by atoms with Gasteiger partial charge in [0.1, 0.15) is 0 Å². The second-order valence-electron chi connectivity index (χ2n) is 5.55. The van der Waals surface area contributed by atoms with E-state index in [9.17, 15) is 4.79 Å². The van der Waals surface area contributed by atoms with Crippen molar-refractivity contribution >= 4 is 5.91 Å². The summed E-state index contributed by atoms with van der Waals surface area (Å²) in [6, 6.07) is 0.601. The normalized spacial score (nSPS) is 31.2. The molecule has 18 heavy (non-hydrogen) atoms. The minimum absolute atomic E-state index is 0.0233. The molecule has 1 aliphatic heterocycles. The zero-order valence-corrected chi connectivity index (χ0v) is 11.1. The minimum Gasteiger partial charge on any atom is -0.355 e. The number of hydrogen-bond acceptors (Lipinski definition) is 2. The van der Waals surface area contributed by atoms with Crippen LogP contribution in [0.4, 0.5) is 0 Å². The molecule has 1 saturated heterocycles. The van der Waals surface area contributed by atoms with E-state index in [0.717, 1.165) is 25.2 Å². The maximum atomic E-state index is 12.0. The van der Waals surface area contributed by atoms with E-state index in [2.05, 4.69) is 16.6 Å². The van der Waals surface area contributed by atoms with Gasteiger partial charge in [0, 0.05) is 19.0 Å². The van der Waals surface area contributed by atoms with E-state index in [1.807, 2.05) is 0 Å². The van der Waals surface area contributed by atoms with Crippen molar-refractivity contribution < 1.29 is 4.79 Å². The summed E-state index contributed by atoms with van der Waals surface area (Å²) in [4.78, 5) is 12.0. The average molecular weight is 248 g/mol. The van der Waals surface area contributed by atoms with Crippen LogP contribution in [0.2, 0.25) is 0 Å². The van der Waals surface area contributed by atoms with Gasteiger partial charge in [-0.15, -0.1) is 12.3 Å².